The van der Waals surface area contributed by atoms with Crippen molar-refractivity contribution in [2.45, 2.75) is 26.2 Å². The maximum Gasteiger partial charge on any atom is 0.118 e. The SMILES string of the molecule is CC[C@@]1(CO)CCCN(C/C=C/c2ccc(OC)cc2)C1. The number of hydrogen-bond donors (Lipinski definition) is 1. The standard InChI is InChI=1S/C18H27NO2/c1-3-18(15-20)11-5-13-19(14-18)12-4-6-16-7-9-17(21-2)10-8-16/h4,6-10,20H,3,5,11-15H2,1-2H3/b6-4+/t18-/m1/s1. The van der Waals surface area contributed by atoms with Crippen molar-refractivity contribution in [3.05, 3.63) is 35.9 Å². The van der Waals surface area contributed by atoms with Crippen molar-refractivity contribution in [3.63, 3.8) is 0 Å². The number of likely N-dealkylation sites (tertiary alicyclic amines) is 1. The molecule has 1 aromatic rings. The number of nitrogens with zero attached hydrogens (tertiary/aromatic N) is 1. The molecule has 0 bridgehead atoms. The molecule has 1 heterocycles. The third-order valence-electron chi connectivity index (χ3n) is 4.62. The van der Waals surface area contributed by atoms with Crippen molar-refractivity contribution in [1.82, 2.24) is 4.90 Å². The van der Waals surface area contributed by atoms with Gasteiger partial charge < -0.3 is 9.84 Å². The molecular formula is C18H27NO2. The van der Waals surface area contributed by atoms with Gasteiger partial charge in [-0.25, -0.2) is 0 Å². The van der Waals surface area contributed by atoms with E-state index in [4.69, 9.17) is 4.74 Å². The molecule has 0 saturated carbocycles. The van der Waals surface area contributed by atoms with Crippen LogP contribution >= 0.6 is 0 Å². The van der Waals surface area contributed by atoms with E-state index < -0.39 is 0 Å². The van der Waals surface area contributed by atoms with Gasteiger partial charge >= 0.3 is 0 Å². The molecule has 116 valence electrons. The Kier molecular flexibility index (Phi) is 5.83. The average molecular weight is 289 g/mol. The number of hydrogen-bond acceptors (Lipinski definition) is 3. The van der Waals surface area contributed by atoms with E-state index in [0.29, 0.717) is 6.61 Å². The molecule has 3 nitrogen and oxygen atoms in total. The topological polar surface area (TPSA) is 32.7 Å². The number of rotatable bonds is 6. The minimum atomic E-state index is 0.117. The van der Waals surface area contributed by atoms with Crippen molar-refractivity contribution in [2.75, 3.05) is 33.4 Å². The summed E-state index contributed by atoms with van der Waals surface area (Å²) in [6.07, 6.45) is 7.76. The number of benzene rings is 1. The van der Waals surface area contributed by atoms with E-state index in [1.54, 1.807) is 7.11 Å². The lowest BCUT2D eigenvalue weighted by Crippen LogP contribution is -2.45. The fourth-order valence-corrected chi connectivity index (χ4v) is 3.05. The predicted octanol–water partition coefficient (Wildman–Crippen LogP) is 3.19. The first-order valence-corrected chi connectivity index (χ1v) is 7.85. The quantitative estimate of drug-likeness (QED) is 0.873. The summed E-state index contributed by atoms with van der Waals surface area (Å²) < 4.78 is 5.16. The predicted molar refractivity (Wildman–Crippen MR) is 87.5 cm³/mol. The second-order valence-electron chi connectivity index (χ2n) is 6.03. The Hall–Kier alpha value is -1.32. The summed E-state index contributed by atoms with van der Waals surface area (Å²) in [5.41, 5.74) is 1.31. The first kappa shape index (κ1) is 16.1. The van der Waals surface area contributed by atoms with Crippen LogP contribution in [-0.2, 0) is 0 Å². The molecule has 3 heteroatoms. The summed E-state index contributed by atoms with van der Waals surface area (Å²) in [7, 11) is 1.68. The molecule has 1 aliphatic heterocycles. The Labute approximate surface area is 128 Å². The van der Waals surface area contributed by atoms with E-state index in [0.717, 1.165) is 38.2 Å². The lowest BCUT2D eigenvalue weighted by atomic mass is 9.78. The third-order valence-corrected chi connectivity index (χ3v) is 4.62. The molecule has 0 amide bonds. The molecule has 1 aromatic carbocycles. The minimum absolute atomic E-state index is 0.117. The molecule has 21 heavy (non-hydrogen) atoms. The van der Waals surface area contributed by atoms with Crippen LogP contribution in [0.1, 0.15) is 31.7 Å². The number of piperidine rings is 1. The summed E-state index contributed by atoms with van der Waals surface area (Å²) in [5, 5.41) is 9.66. The number of methoxy groups -OCH3 is 1. The minimum Gasteiger partial charge on any atom is -0.497 e. The molecule has 0 spiro atoms. The van der Waals surface area contributed by atoms with Gasteiger partial charge in [0.25, 0.3) is 0 Å². The highest BCUT2D eigenvalue weighted by atomic mass is 16.5. The number of aliphatic hydroxyl groups is 1. The summed E-state index contributed by atoms with van der Waals surface area (Å²) in [4.78, 5) is 2.45. The van der Waals surface area contributed by atoms with E-state index >= 15 is 0 Å². The van der Waals surface area contributed by atoms with Gasteiger partial charge in [-0.2, -0.15) is 0 Å². The van der Waals surface area contributed by atoms with Crippen LogP contribution in [0.4, 0.5) is 0 Å². The summed E-state index contributed by atoms with van der Waals surface area (Å²) in [6.45, 7) is 5.59. The molecule has 0 aliphatic carbocycles. The van der Waals surface area contributed by atoms with Crippen LogP contribution in [0.15, 0.2) is 30.3 Å². The Morgan fingerprint density at radius 2 is 2.10 bits per heavy atom. The Morgan fingerprint density at radius 3 is 2.71 bits per heavy atom. The highest BCUT2D eigenvalue weighted by Crippen LogP contribution is 2.32. The van der Waals surface area contributed by atoms with Crippen molar-refractivity contribution in [3.8, 4) is 5.75 Å². The Balaban J connectivity index is 1.88. The summed E-state index contributed by atoms with van der Waals surface area (Å²) in [5.74, 6) is 0.888. The van der Waals surface area contributed by atoms with Crippen LogP contribution in [0.25, 0.3) is 6.08 Å². The molecule has 1 fully saturated rings. The maximum atomic E-state index is 9.66. The average Bonchev–Trinajstić information content (AvgIpc) is 2.55. The van der Waals surface area contributed by atoms with Crippen molar-refractivity contribution in [1.29, 1.82) is 0 Å². The Morgan fingerprint density at radius 1 is 1.33 bits per heavy atom. The molecule has 0 radical (unpaired) electrons. The third kappa shape index (κ3) is 4.32. The molecule has 1 aliphatic rings. The van der Waals surface area contributed by atoms with Crippen LogP contribution in [0.2, 0.25) is 0 Å². The van der Waals surface area contributed by atoms with Gasteiger partial charge in [-0.05, 0) is 43.5 Å². The fraction of sp³-hybridized carbons (Fsp3) is 0.556. The molecule has 1 saturated heterocycles. The molecule has 1 atom stereocenters. The zero-order valence-corrected chi connectivity index (χ0v) is 13.2. The second kappa shape index (κ2) is 7.62. The van der Waals surface area contributed by atoms with Crippen LogP contribution in [-0.4, -0.2) is 43.4 Å². The van der Waals surface area contributed by atoms with Crippen molar-refractivity contribution >= 4 is 6.08 Å². The summed E-state index contributed by atoms with van der Waals surface area (Å²) in [6, 6.07) is 8.09. The van der Waals surface area contributed by atoms with Crippen molar-refractivity contribution < 1.29 is 9.84 Å². The number of aliphatic hydroxyl groups excluding tert-OH is 1. The number of ether oxygens (including phenoxy) is 1. The lowest BCUT2D eigenvalue weighted by Gasteiger charge is -2.41. The maximum absolute atomic E-state index is 9.66. The highest BCUT2D eigenvalue weighted by Gasteiger charge is 2.32. The normalized spacial score (nSPS) is 23.6. The molecule has 1 N–H and O–H groups in total. The van der Waals surface area contributed by atoms with Gasteiger partial charge in [0.15, 0.2) is 0 Å². The van der Waals surface area contributed by atoms with Gasteiger partial charge in [0.05, 0.1) is 7.11 Å². The monoisotopic (exact) mass is 289 g/mol. The van der Waals surface area contributed by atoms with Crippen LogP contribution in [0, 0.1) is 5.41 Å². The largest absolute Gasteiger partial charge is 0.497 e. The van der Waals surface area contributed by atoms with Crippen LogP contribution in [0.3, 0.4) is 0 Å². The van der Waals surface area contributed by atoms with Crippen LogP contribution in [0.5, 0.6) is 5.75 Å². The van der Waals surface area contributed by atoms with E-state index in [1.165, 1.54) is 12.0 Å². The lowest BCUT2D eigenvalue weighted by molar-refractivity contribution is 0.0344. The van der Waals surface area contributed by atoms with Gasteiger partial charge in [-0.3, -0.25) is 4.90 Å². The van der Waals surface area contributed by atoms with Crippen molar-refractivity contribution in [2.24, 2.45) is 5.41 Å². The zero-order chi connectivity index (χ0) is 15.1. The molecule has 2 rings (SSSR count). The van der Waals surface area contributed by atoms with Gasteiger partial charge in [-0.15, -0.1) is 0 Å². The van der Waals surface area contributed by atoms with E-state index in [2.05, 4.69) is 36.1 Å². The van der Waals surface area contributed by atoms with Gasteiger partial charge in [-0.1, -0.05) is 31.2 Å². The first-order valence-electron chi connectivity index (χ1n) is 7.85. The summed E-state index contributed by atoms with van der Waals surface area (Å²) >= 11 is 0. The fourth-order valence-electron chi connectivity index (χ4n) is 3.05. The van der Waals surface area contributed by atoms with Crippen LogP contribution < -0.4 is 4.74 Å². The smallest absolute Gasteiger partial charge is 0.118 e. The van der Waals surface area contributed by atoms with E-state index in [9.17, 15) is 5.11 Å². The zero-order valence-electron chi connectivity index (χ0n) is 13.2. The highest BCUT2D eigenvalue weighted by molar-refractivity contribution is 5.50. The van der Waals surface area contributed by atoms with Gasteiger partial charge in [0.2, 0.25) is 0 Å². The molecule has 0 unspecified atom stereocenters. The van der Waals surface area contributed by atoms with E-state index in [-0.39, 0.29) is 5.41 Å². The van der Waals surface area contributed by atoms with Gasteiger partial charge in [0.1, 0.15) is 5.75 Å². The molecular weight excluding hydrogens is 262 g/mol. The Bertz CT molecular complexity index is 449. The van der Waals surface area contributed by atoms with E-state index in [1.807, 2.05) is 12.1 Å². The van der Waals surface area contributed by atoms with Gasteiger partial charge in [0, 0.05) is 25.1 Å². The molecule has 0 aromatic heterocycles. The first-order chi connectivity index (χ1) is 10.2. The second-order valence-corrected chi connectivity index (χ2v) is 6.03.